The van der Waals surface area contributed by atoms with Gasteiger partial charge in [0, 0.05) is 43.7 Å². The molecule has 1 aliphatic carbocycles. The first-order chi connectivity index (χ1) is 10.4. The summed E-state index contributed by atoms with van der Waals surface area (Å²) in [4.78, 5) is 20.4. The van der Waals surface area contributed by atoms with Gasteiger partial charge in [-0.15, -0.1) is 0 Å². The highest BCUT2D eigenvalue weighted by molar-refractivity contribution is 8.00. The van der Waals surface area contributed by atoms with Crippen LogP contribution < -0.4 is 5.32 Å². The van der Waals surface area contributed by atoms with E-state index in [9.17, 15) is 4.79 Å². The van der Waals surface area contributed by atoms with Crippen LogP contribution in [0.5, 0.6) is 0 Å². The maximum atomic E-state index is 11.9. The predicted molar refractivity (Wildman–Crippen MR) is 94.5 cm³/mol. The van der Waals surface area contributed by atoms with Crippen LogP contribution in [0.4, 0.5) is 0 Å². The molecule has 6 heteroatoms. The average Bonchev–Trinajstić information content (AvgIpc) is 2.94. The van der Waals surface area contributed by atoms with Crippen molar-refractivity contribution in [3.8, 4) is 0 Å². The predicted octanol–water partition coefficient (Wildman–Crippen LogP) is 1.79. The van der Waals surface area contributed by atoms with Crippen LogP contribution in [0.25, 0.3) is 0 Å². The number of hydrogen-bond donors (Lipinski definition) is 1. The van der Waals surface area contributed by atoms with E-state index in [1.165, 1.54) is 25.7 Å². The molecule has 1 N–H and O–H groups in total. The maximum Gasteiger partial charge on any atom is 0.243 e. The Bertz CT molecular complexity index is 416. The Balaban J connectivity index is 2.05. The van der Waals surface area contributed by atoms with Crippen LogP contribution in [0.15, 0.2) is 4.99 Å². The lowest BCUT2D eigenvalue weighted by Gasteiger charge is -2.40. The van der Waals surface area contributed by atoms with E-state index in [0.29, 0.717) is 6.04 Å². The van der Waals surface area contributed by atoms with Crippen molar-refractivity contribution in [3.05, 3.63) is 0 Å². The van der Waals surface area contributed by atoms with Gasteiger partial charge in [0.05, 0.1) is 0 Å². The fraction of sp³-hybridized carbons (Fsp3) is 0.875. The van der Waals surface area contributed by atoms with E-state index in [-0.39, 0.29) is 17.2 Å². The van der Waals surface area contributed by atoms with Crippen molar-refractivity contribution < 1.29 is 4.79 Å². The van der Waals surface area contributed by atoms with Gasteiger partial charge >= 0.3 is 0 Å². The van der Waals surface area contributed by atoms with Crippen LogP contribution in [0, 0.1) is 0 Å². The van der Waals surface area contributed by atoms with Crippen LogP contribution in [-0.4, -0.2) is 71.9 Å². The fourth-order valence-corrected chi connectivity index (χ4v) is 4.08. The molecule has 0 bridgehead atoms. The molecule has 0 atom stereocenters. The third-order valence-electron chi connectivity index (χ3n) is 4.28. The Morgan fingerprint density at radius 3 is 2.64 bits per heavy atom. The zero-order valence-corrected chi connectivity index (χ0v) is 15.2. The quantitative estimate of drug-likeness (QED) is 0.634. The molecule has 2 fully saturated rings. The van der Waals surface area contributed by atoms with Gasteiger partial charge in [-0.1, -0.05) is 12.8 Å². The van der Waals surface area contributed by atoms with Gasteiger partial charge in [0.15, 0.2) is 5.96 Å². The van der Waals surface area contributed by atoms with Crippen molar-refractivity contribution in [2.75, 3.05) is 39.5 Å². The van der Waals surface area contributed by atoms with Crippen LogP contribution >= 0.6 is 11.8 Å². The summed E-state index contributed by atoms with van der Waals surface area (Å²) in [6, 6.07) is 0.519. The highest BCUT2D eigenvalue weighted by atomic mass is 32.2. The molecule has 0 spiro atoms. The number of aliphatic imine (C=N–C) groups is 1. The number of guanidine groups is 1. The summed E-state index contributed by atoms with van der Waals surface area (Å²) in [5, 5.41) is 3.61. The van der Waals surface area contributed by atoms with E-state index in [4.69, 9.17) is 0 Å². The second-order valence-corrected chi connectivity index (χ2v) is 8.89. The van der Waals surface area contributed by atoms with E-state index >= 15 is 0 Å². The summed E-state index contributed by atoms with van der Waals surface area (Å²) in [5.41, 5.74) is 0. The number of carbonyl (C=O) groups excluding carboxylic acids is 1. The molecule has 1 saturated heterocycles. The molecule has 0 radical (unpaired) electrons. The molecule has 1 saturated carbocycles. The van der Waals surface area contributed by atoms with Gasteiger partial charge in [-0.3, -0.25) is 4.79 Å². The molecule has 0 aromatic rings. The van der Waals surface area contributed by atoms with Crippen molar-refractivity contribution in [2.45, 2.75) is 50.3 Å². The fourth-order valence-electron chi connectivity index (χ4n) is 2.97. The molecular formula is C16H30N4OS. The van der Waals surface area contributed by atoms with Crippen molar-refractivity contribution >= 4 is 23.6 Å². The number of rotatable bonds is 3. The minimum atomic E-state index is 0.0522. The molecule has 22 heavy (non-hydrogen) atoms. The third kappa shape index (κ3) is 5.07. The maximum absolute atomic E-state index is 11.9. The number of likely N-dealkylation sites (N-methyl/N-ethyl adjacent to an activating group) is 1. The van der Waals surface area contributed by atoms with E-state index in [1.54, 1.807) is 19.0 Å². The van der Waals surface area contributed by atoms with Crippen molar-refractivity contribution in [1.29, 1.82) is 0 Å². The minimum absolute atomic E-state index is 0.0522. The van der Waals surface area contributed by atoms with Gasteiger partial charge in [-0.25, -0.2) is 4.99 Å². The summed E-state index contributed by atoms with van der Waals surface area (Å²) in [5.74, 6) is 2.09. The van der Waals surface area contributed by atoms with Gasteiger partial charge in [0.25, 0.3) is 0 Å². The Morgan fingerprint density at radius 2 is 2.05 bits per heavy atom. The molecule has 2 aliphatic rings. The standard InChI is InChI=1S/C16H30N4OS/c1-16(2)12-20(9-10-22-16)15(17-11-14(21)19(3)4)18-13-7-5-6-8-13/h13H,5-12H2,1-4H3,(H,17,18). The van der Waals surface area contributed by atoms with E-state index < -0.39 is 0 Å². The lowest BCUT2D eigenvalue weighted by Crippen LogP contribution is -2.53. The molecule has 1 heterocycles. The molecule has 0 unspecified atom stereocenters. The van der Waals surface area contributed by atoms with Gasteiger partial charge in [0.2, 0.25) is 5.91 Å². The number of nitrogens with one attached hydrogen (secondary N) is 1. The van der Waals surface area contributed by atoms with E-state index in [1.807, 2.05) is 11.8 Å². The Morgan fingerprint density at radius 1 is 1.36 bits per heavy atom. The second-order valence-electron chi connectivity index (χ2n) is 7.08. The summed E-state index contributed by atoms with van der Waals surface area (Å²) >= 11 is 2.01. The number of carbonyl (C=O) groups is 1. The topological polar surface area (TPSA) is 47.9 Å². The first-order valence-electron chi connectivity index (χ1n) is 8.27. The Labute approximate surface area is 138 Å². The molecule has 126 valence electrons. The van der Waals surface area contributed by atoms with Gasteiger partial charge in [-0.2, -0.15) is 11.8 Å². The number of nitrogens with zero attached hydrogens (tertiary/aromatic N) is 3. The number of thioether (sulfide) groups is 1. The smallest absolute Gasteiger partial charge is 0.243 e. The van der Waals surface area contributed by atoms with Crippen molar-refractivity contribution in [2.24, 2.45) is 4.99 Å². The van der Waals surface area contributed by atoms with Crippen LogP contribution in [0.1, 0.15) is 39.5 Å². The summed E-state index contributed by atoms with van der Waals surface area (Å²) in [7, 11) is 3.56. The zero-order valence-electron chi connectivity index (χ0n) is 14.4. The summed E-state index contributed by atoms with van der Waals surface area (Å²) in [6.07, 6.45) is 5.02. The monoisotopic (exact) mass is 326 g/mol. The largest absolute Gasteiger partial charge is 0.353 e. The van der Waals surface area contributed by atoms with Gasteiger partial charge in [0.1, 0.15) is 6.54 Å². The third-order valence-corrected chi connectivity index (χ3v) is 5.57. The normalized spacial score (nSPS) is 22.7. The average molecular weight is 327 g/mol. The molecule has 2 rings (SSSR count). The SMILES string of the molecule is CN(C)C(=O)CN=C(NC1CCCC1)N1CCSC(C)(C)C1. The van der Waals surface area contributed by atoms with Gasteiger partial charge < -0.3 is 15.1 Å². The lowest BCUT2D eigenvalue weighted by molar-refractivity contribution is -0.127. The first-order valence-corrected chi connectivity index (χ1v) is 9.26. The summed E-state index contributed by atoms with van der Waals surface area (Å²) in [6.45, 7) is 6.77. The highest BCUT2D eigenvalue weighted by Gasteiger charge is 2.30. The van der Waals surface area contributed by atoms with Crippen LogP contribution in [0.2, 0.25) is 0 Å². The van der Waals surface area contributed by atoms with Crippen LogP contribution in [-0.2, 0) is 4.79 Å². The Kier molecular flexibility index (Phi) is 6.01. The summed E-state index contributed by atoms with van der Waals surface area (Å²) < 4.78 is 0.238. The van der Waals surface area contributed by atoms with E-state index in [2.05, 4.69) is 29.1 Å². The number of amides is 1. The van der Waals surface area contributed by atoms with Crippen molar-refractivity contribution in [3.63, 3.8) is 0 Å². The molecule has 0 aromatic carbocycles. The van der Waals surface area contributed by atoms with Crippen molar-refractivity contribution in [1.82, 2.24) is 15.1 Å². The molecule has 1 aliphatic heterocycles. The zero-order chi connectivity index (χ0) is 16.2. The second kappa shape index (κ2) is 7.57. The van der Waals surface area contributed by atoms with Gasteiger partial charge in [-0.05, 0) is 26.7 Å². The molecule has 0 aromatic heterocycles. The molecular weight excluding hydrogens is 296 g/mol. The Hall–Kier alpha value is -0.910. The lowest BCUT2D eigenvalue weighted by atomic mass is 10.2. The first kappa shape index (κ1) is 17.4. The van der Waals surface area contributed by atoms with E-state index in [0.717, 1.165) is 24.8 Å². The highest BCUT2D eigenvalue weighted by Crippen LogP contribution is 2.29. The van der Waals surface area contributed by atoms with Crippen LogP contribution in [0.3, 0.4) is 0 Å². The molecule has 1 amide bonds. The molecule has 5 nitrogen and oxygen atoms in total. The minimum Gasteiger partial charge on any atom is -0.353 e. The number of hydrogen-bond acceptors (Lipinski definition) is 3.